The largest absolute Gasteiger partial charge is 0.458 e. The summed E-state index contributed by atoms with van der Waals surface area (Å²) in [6.07, 6.45) is 2.01. The van der Waals surface area contributed by atoms with Gasteiger partial charge in [-0.15, -0.1) is 0 Å². The van der Waals surface area contributed by atoms with Gasteiger partial charge in [0.1, 0.15) is 23.9 Å². The Morgan fingerprint density at radius 2 is 1.62 bits per heavy atom. The van der Waals surface area contributed by atoms with Gasteiger partial charge in [0.05, 0.1) is 6.10 Å². The van der Waals surface area contributed by atoms with E-state index in [4.69, 9.17) is 13.9 Å². The third kappa shape index (κ3) is 4.71. The molecule has 1 N–H and O–H groups in total. The molecule has 0 aromatic heterocycles. The highest BCUT2D eigenvalue weighted by Gasteiger charge is 2.71. The van der Waals surface area contributed by atoms with E-state index in [1.807, 2.05) is 43.3 Å². The van der Waals surface area contributed by atoms with Crippen LogP contribution >= 0.6 is 0 Å². The van der Waals surface area contributed by atoms with Crippen LogP contribution in [0.4, 0.5) is 0 Å². The molecule has 2 saturated carbocycles. The van der Waals surface area contributed by atoms with Crippen LogP contribution in [0, 0.1) is 23.7 Å². The summed E-state index contributed by atoms with van der Waals surface area (Å²) in [4.78, 5) is 13.6. The van der Waals surface area contributed by atoms with Gasteiger partial charge in [0.2, 0.25) is 0 Å². The summed E-state index contributed by atoms with van der Waals surface area (Å²) >= 11 is 0. The third-order valence-electron chi connectivity index (χ3n) is 10.2. The predicted octanol–water partition coefficient (Wildman–Crippen LogP) is 5.09. The molecule has 212 valence electrons. The second-order valence-electron chi connectivity index (χ2n) is 13.7. The molecule has 3 fully saturated rings. The number of carbonyl (C=O) groups is 1. The number of benzene rings is 2. The molecule has 1 aliphatic heterocycles. The zero-order chi connectivity index (χ0) is 28.2. The number of esters is 1. The molecule has 2 aromatic carbocycles. The summed E-state index contributed by atoms with van der Waals surface area (Å²) < 4.78 is 19.5. The molecule has 1 saturated heterocycles. The van der Waals surface area contributed by atoms with Crippen molar-refractivity contribution in [3.05, 3.63) is 60.7 Å². The van der Waals surface area contributed by atoms with Gasteiger partial charge in [-0.05, 0) is 58.8 Å². The lowest BCUT2D eigenvalue weighted by Gasteiger charge is -2.43. The molecule has 5 rings (SSSR count). The smallest absolute Gasteiger partial charge is 0.331 e. The maximum Gasteiger partial charge on any atom is 0.331 e. The normalized spacial score (nSPS) is 34.2. The van der Waals surface area contributed by atoms with Crippen LogP contribution in [0.2, 0.25) is 5.04 Å². The molecule has 0 bridgehead atoms. The van der Waals surface area contributed by atoms with Crippen molar-refractivity contribution < 1.29 is 23.8 Å². The van der Waals surface area contributed by atoms with Crippen LogP contribution in [-0.4, -0.2) is 49.4 Å². The highest BCUT2D eigenvalue weighted by molar-refractivity contribution is 6.99. The third-order valence-corrected chi connectivity index (χ3v) is 15.1. The highest BCUT2D eigenvalue weighted by atomic mass is 28.4. The highest BCUT2D eigenvalue weighted by Crippen LogP contribution is 2.62. The van der Waals surface area contributed by atoms with Gasteiger partial charge in [-0.25, -0.2) is 4.79 Å². The summed E-state index contributed by atoms with van der Waals surface area (Å²) in [5.41, 5.74) is -1.45. The Hall–Kier alpha value is -1.99. The average molecular weight is 551 g/mol. The van der Waals surface area contributed by atoms with Gasteiger partial charge in [-0.3, -0.25) is 0 Å². The lowest BCUT2D eigenvalue weighted by atomic mass is 9.76. The molecule has 0 amide bonds. The van der Waals surface area contributed by atoms with E-state index in [1.165, 1.54) is 0 Å². The van der Waals surface area contributed by atoms with Gasteiger partial charge in [0.25, 0.3) is 8.32 Å². The van der Waals surface area contributed by atoms with Crippen molar-refractivity contribution in [3.63, 3.8) is 0 Å². The SMILES string of the molecule is CC(C)[C@@]12C[C@@H](OC(=O)CO[Si](c3ccccc3)(c3ccccc3)C(C)(C)C)[C@@](C)(O)[C@@H]3CC[C@@H](C)[C@H]3[C@@H]1O2. The van der Waals surface area contributed by atoms with E-state index in [-0.39, 0.29) is 35.2 Å². The quantitative estimate of drug-likeness (QED) is 0.296. The first kappa shape index (κ1) is 28.5. The number of hydrogen-bond donors (Lipinski definition) is 1. The van der Waals surface area contributed by atoms with Gasteiger partial charge in [-0.1, -0.05) is 102 Å². The van der Waals surface area contributed by atoms with E-state index < -0.39 is 26.0 Å². The van der Waals surface area contributed by atoms with Gasteiger partial charge in [0, 0.05) is 6.42 Å². The minimum absolute atomic E-state index is 0.0519. The Kier molecular flexibility index (Phi) is 7.41. The number of rotatable bonds is 7. The van der Waals surface area contributed by atoms with Gasteiger partial charge in [-0.2, -0.15) is 0 Å². The van der Waals surface area contributed by atoms with E-state index in [0.717, 1.165) is 23.2 Å². The monoisotopic (exact) mass is 550 g/mol. The predicted molar refractivity (Wildman–Crippen MR) is 157 cm³/mol. The lowest BCUT2D eigenvalue weighted by Crippen LogP contribution is -2.67. The molecular weight excluding hydrogens is 504 g/mol. The number of aliphatic hydroxyl groups is 1. The molecule has 1 heterocycles. The Morgan fingerprint density at radius 1 is 1.05 bits per heavy atom. The number of carbonyl (C=O) groups excluding carboxylic acids is 1. The van der Waals surface area contributed by atoms with Crippen LogP contribution < -0.4 is 10.4 Å². The van der Waals surface area contributed by atoms with E-state index >= 15 is 0 Å². The van der Waals surface area contributed by atoms with Gasteiger partial charge in [0.15, 0.2) is 0 Å². The summed E-state index contributed by atoms with van der Waals surface area (Å²) in [6.45, 7) is 14.9. The zero-order valence-corrected chi connectivity index (χ0v) is 25.6. The number of ether oxygens (including phenoxy) is 2. The average Bonchev–Trinajstić information content (AvgIpc) is 3.49. The second-order valence-corrected chi connectivity index (χ2v) is 18.1. The van der Waals surface area contributed by atoms with E-state index in [2.05, 4.69) is 65.8 Å². The summed E-state index contributed by atoms with van der Waals surface area (Å²) in [5.74, 6) is 0.684. The van der Waals surface area contributed by atoms with E-state index in [1.54, 1.807) is 0 Å². The minimum atomic E-state index is -2.88. The summed E-state index contributed by atoms with van der Waals surface area (Å²) in [7, 11) is -2.88. The number of fused-ring (bicyclic) bond motifs is 3. The van der Waals surface area contributed by atoms with Crippen LogP contribution in [0.25, 0.3) is 0 Å². The Bertz CT molecular complexity index is 1120. The fourth-order valence-electron chi connectivity index (χ4n) is 7.90. The second kappa shape index (κ2) is 10.1. The molecule has 7 atom stereocenters. The van der Waals surface area contributed by atoms with Crippen LogP contribution in [0.3, 0.4) is 0 Å². The molecule has 2 aromatic rings. The van der Waals surface area contributed by atoms with E-state index in [9.17, 15) is 9.90 Å². The zero-order valence-electron chi connectivity index (χ0n) is 24.6. The van der Waals surface area contributed by atoms with Crippen molar-refractivity contribution in [2.24, 2.45) is 23.7 Å². The summed E-state index contributed by atoms with van der Waals surface area (Å²) in [6, 6.07) is 20.6. The lowest BCUT2D eigenvalue weighted by molar-refractivity contribution is -0.178. The van der Waals surface area contributed by atoms with Crippen LogP contribution in [0.1, 0.15) is 67.7 Å². The van der Waals surface area contributed by atoms with Crippen LogP contribution in [0.15, 0.2) is 60.7 Å². The van der Waals surface area contributed by atoms with Gasteiger partial charge < -0.3 is 19.0 Å². The van der Waals surface area contributed by atoms with Gasteiger partial charge >= 0.3 is 5.97 Å². The van der Waals surface area contributed by atoms with Crippen molar-refractivity contribution in [3.8, 4) is 0 Å². The first-order valence-electron chi connectivity index (χ1n) is 14.7. The van der Waals surface area contributed by atoms with E-state index in [0.29, 0.717) is 18.3 Å². The Labute approximate surface area is 235 Å². The van der Waals surface area contributed by atoms with Crippen molar-refractivity contribution in [2.45, 2.75) is 96.2 Å². The maximum absolute atomic E-state index is 13.6. The molecule has 3 aliphatic rings. The minimum Gasteiger partial charge on any atom is -0.458 e. The first-order valence-corrected chi connectivity index (χ1v) is 16.6. The maximum atomic E-state index is 13.6. The van der Waals surface area contributed by atoms with Crippen molar-refractivity contribution >= 4 is 24.7 Å². The topological polar surface area (TPSA) is 68.3 Å². The molecule has 39 heavy (non-hydrogen) atoms. The molecule has 6 heteroatoms. The first-order chi connectivity index (χ1) is 18.3. The van der Waals surface area contributed by atoms with Crippen molar-refractivity contribution in [1.82, 2.24) is 0 Å². The Balaban J connectivity index is 1.43. The van der Waals surface area contributed by atoms with Crippen molar-refractivity contribution in [2.75, 3.05) is 6.61 Å². The Morgan fingerprint density at radius 3 is 2.13 bits per heavy atom. The molecule has 0 unspecified atom stereocenters. The number of epoxide rings is 1. The number of hydrogen-bond acceptors (Lipinski definition) is 5. The molecule has 0 radical (unpaired) electrons. The molecule has 5 nitrogen and oxygen atoms in total. The van der Waals surface area contributed by atoms with Crippen LogP contribution in [0.5, 0.6) is 0 Å². The molecular formula is C33H46O5Si. The van der Waals surface area contributed by atoms with Crippen molar-refractivity contribution in [1.29, 1.82) is 0 Å². The fraction of sp³-hybridized carbons (Fsp3) is 0.606. The summed E-state index contributed by atoms with van der Waals surface area (Å²) in [5, 5.41) is 13.9. The van der Waals surface area contributed by atoms with Crippen LogP contribution in [-0.2, 0) is 18.7 Å². The molecule has 0 spiro atoms. The molecule has 2 aliphatic carbocycles. The standard InChI is InChI=1S/C33H46O5Si/c1-22(2)33-20-27(32(7,35)26-19-18-23(3)29(26)30(33)38-33)37-28(34)21-36-39(31(4,5)6,24-14-10-8-11-15-24)25-16-12-9-13-17-25/h8-17,22-23,26-27,29-30,35H,18-21H2,1-7H3/t23-,26-,27-,29-,30+,32+,33+/m1/s1. The fourth-order valence-corrected chi connectivity index (χ4v) is 12.4.